The number of aromatic nitrogens is 1. The number of aryl methyl sites for hydroxylation is 1. The average Bonchev–Trinajstić information content (AvgIpc) is 2.60. The maximum absolute atomic E-state index is 11.6. The molecule has 0 saturated carbocycles. The zero-order valence-electron chi connectivity index (χ0n) is 8.43. The van der Waals surface area contributed by atoms with Crippen LogP contribution in [-0.4, -0.2) is 33.1 Å². The van der Waals surface area contributed by atoms with Crippen molar-refractivity contribution < 1.29 is 9.90 Å². The zero-order chi connectivity index (χ0) is 10.6. The van der Waals surface area contributed by atoms with Crippen LogP contribution >= 0.6 is 11.8 Å². The highest BCUT2D eigenvalue weighted by atomic mass is 32.2. The number of nitrogens with zero attached hydrogens (tertiary/aromatic N) is 1. The Morgan fingerprint density at radius 3 is 2.93 bits per heavy atom. The van der Waals surface area contributed by atoms with Gasteiger partial charge in [-0.1, -0.05) is 6.92 Å². The lowest BCUT2D eigenvalue weighted by atomic mass is 10.3. The van der Waals surface area contributed by atoms with Gasteiger partial charge < -0.3 is 9.67 Å². The predicted octanol–water partition coefficient (Wildman–Crippen LogP) is 1.32. The normalized spacial score (nSPS) is 12.8. The molecule has 1 unspecified atom stereocenters. The highest BCUT2D eigenvalue weighted by Gasteiger charge is 2.10. The van der Waals surface area contributed by atoms with Crippen LogP contribution in [0.15, 0.2) is 18.3 Å². The zero-order valence-corrected chi connectivity index (χ0v) is 9.25. The van der Waals surface area contributed by atoms with Gasteiger partial charge in [0.15, 0.2) is 5.78 Å². The van der Waals surface area contributed by atoms with Gasteiger partial charge in [-0.05, 0) is 12.1 Å². The summed E-state index contributed by atoms with van der Waals surface area (Å²) in [6, 6.07) is 3.67. The molecular weight excluding hydrogens is 198 g/mol. The summed E-state index contributed by atoms with van der Waals surface area (Å²) in [5.74, 6) is 0.544. The molecule has 0 amide bonds. The smallest absolute Gasteiger partial charge is 0.189 e. The largest absolute Gasteiger partial charge is 0.395 e. The quantitative estimate of drug-likeness (QED) is 0.750. The first kappa shape index (κ1) is 11.3. The minimum Gasteiger partial charge on any atom is -0.395 e. The second kappa shape index (κ2) is 5.22. The SMILES string of the molecule is CC(CO)SCC(=O)c1cccn1C. The molecular formula is C10H15NO2S. The highest BCUT2D eigenvalue weighted by Crippen LogP contribution is 2.12. The van der Waals surface area contributed by atoms with Crippen LogP contribution in [0.3, 0.4) is 0 Å². The van der Waals surface area contributed by atoms with E-state index in [9.17, 15) is 4.79 Å². The van der Waals surface area contributed by atoms with Crippen LogP contribution in [0, 0.1) is 0 Å². The fraction of sp³-hybridized carbons (Fsp3) is 0.500. The van der Waals surface area contributed by atoms with Crippen molar-refractivity contribution >= 4 is 17.5 Å². The molecule has 3 nitrogen and oxygen atoms in total. The predicted molar refractivity (Wildman–Crippen MR) is 58.7 cm³/mol. The Morgan fingerprint density at radius 1 is 1.71 bits per heavy atom. The molecule has 1 N–H and O–H groups in total. The van der Waals surface area contributed by atoms with Crippen LogP contribution in [0.25, 0.3) is 0 Å². The van der Waals surface area contributed by atoms with Crippen molar-refractivity contribution in [2.45, 2.75) is 12.2 Å². The van der Waals surface area contributed by atoms with Gasteiger partial charge in [-0.15, -0.1) is 11.8 Å². The number of carbonyl (C=O) groups excluding carboxylic acids is 1. The van der Waals surface area contributed by atoms with Crippen LogP contribution in [0.4, 0.5) is 0 Å². The van der Waals surface area contributed by atoms with Crippen LogP contribution in [0.1, 0.15) is 17.4 Å². The van der Waals surface area contributed by atoms with Crippen molar-refractivity contribution in [2.24, 2.45) is 7.05 Å². The molecule has 14 heavy (non-hydrogen) atoms. The van der Waals surface area contributed by atoms with E-state index in [0.717, 1.165) is 5.69 Å². The van der Waals surface area contributed by atoms with Gasteiger partial charge in [-0.25, -0.2) is 0 Å². The van der Waals surface area contributed by atoms with Crippen molar-refractivity contribution in [3.8, 4) is 0 Å². The molecule has 0 aliphatic heterocycles. The number of rotatable bonds is 5. The van der Waals surface area contributed by atoms with E-state index in [-0.39, 0.29) is 17.6 Å². The number of Topliss-reactive ketones (excluding diaryl/α,β-unsaturated/α-hetero) is 1. The molecule has 0 aliphatic carbocycles. The lowest BCUT2D eigenvalue weighted by Crippen LogP contribution is -2.11. The molecule has 0 bridgehead atoms. The van der Waals surface area contributed by atoms with E-state index in [1.807, 2.05) is 36.9 Å². The Balaban J connectivity index is 2.47. The summed E-state index contributed by atoms with van der Waals surface area (Å²) in [6.45, 7) is 2.02. The van der Waals surface area contributed by atoms with Crippen molar-refractivity contribution in [3.05, 3.63) is 24.0 Å². The Morgan fingerprint density at radius 2 is 2.43 bits per heavy atom. The molecule has 78 valence electrons. The lowest BCUT2D eigenvalue weighted by Gasteiger charge is -2.06. The van der Waals surface area contributed by atoms with E-state index in [1.165, 1.54) is 11.8 Å². The van der Waals surface area contributed by atoms with E-state index >= 15 is 0 Å². The lowest BCUT2D eigenvalue weighted by molar-refractivity contribution is 0.101. The van der Waals surface area contributed by atoms with Gasteiger partial charge in [0.2, 0.25) is 0 Å². The molecule has 1 aromatic rings. The summed E-state index contributed by atoms with van der Waals surface area (Å²) in [6.07, 6.45) is 1.85. The van der Waals surface area contributed by atoms with Crippen LogP contribution < -0.4 is 0 Å². The minimum absolute atomic E-state index is 0.114. The van der Waals surface area contributed by atoms with E-state index in [4.69, 9.17) is 5.11 Å². The molecule has 1 aromatic heterocycles. The standard InChI is InChI=1S/C10H15NO2S/c1-8(6-12)14-7-10(13)9-4-3-5-11(9)2/h3-5,8,12H,6-7H2,1-2H3. The van der Waals surface area contributed by atoms with Crippen molar-refractivity contribution in [2.75, 3.05) is 12.4 Å². The van der Waals surface area contributed by atoms with Gasteiger partial charge >= 0.3 is 0 Å². The number of thioether (sulfide) groups is 1. The van der Waals surface area contributed by atoms with Crippen molar-refractivity contribution in [3.63, 3.8) is 0 Å². The monoisotopic (exact) mass is 213 g/mol. The topological polar surface area (TPSA) is 42.2 Å². The average molecular weight is 213 g/mol. The van der Waals surface area contributed by atoms with E-state index in [0.29, 0.717) is 5.75 Å². The first-order chi connectivity index (χ1) is 6.65. The van der Waals surface area contributed by atoms with Gasteiger partial charge in [-0.2, -0.15) is 0 Å². The van der Waals surface area contributed by atoms with Crippen LogP contribution in [0.2, 0.25) is 0 Å². The van der Waals surface area contributed by atoms with Crippen molar-refractivity contribution in [1.29, 1.82) is 0 Å². The first-order valence-electron chi connectivity index (χ1n) is 4.52. The third kappa shape index (κ3) is 2.89. The van der Waals surface area contributed by atoms with Gasteiger partial charge in [0.05, 0.1) is 18.1 Å². The number of ketones is 1. The fourth-order valence-corrected chi connectivity index (χ4v) is 1.78. The van der Waals surface area contributed by atoms with Crippen molar-refractivity contribution in [1.82, 2.24) is 4.57 Å². The van der Waals surface area contributed by atoms with Crippen LogP contribution in [-0.2, 0) is 7.05 Å². The van der Waals surface area contributed by atoms with Crippen LogP contribution in [0.5, 0.6) is 0 Å². The molecule has 1 rings (SSSR count). The molecule has 0 spiro atoms. The van der Waals surface area contributed by atoms with E-state index in [1.54, 1.807) is 0 Å². The Kier molecular flexibility index (Phi) is 4.22. The first-order valence-corrected chi connectivity index (χ1v) is 5.57. The Labute approximate surface area is 88.1 Å². The Hall–Kier alpha value is -0.740. The number of aliphatic hydroxyl groups is 1. The maximum Gasteiger partial charge on any atom is 0.189 e. The number of hydrogen-bond donors (Lipinski definition) is 1. The second-order valence-electron chi connectivity index (χ2n) is 3.23. The highest BCUT2D eigenvalue weighted by molar-refractivity contribution is 8.00. The summed E-state index contributed by atoms with van der Waals surface area (Å²) in [5.41, 5.74) is 0.725. The van der Waals surface area contributed by atoms with E-state index in [2.05, 4.69) is 0 Å². The van der Waals surface area contributed by atoms with E-state index < -0.39 is 0 Å². The Bertz CT molecular complexity index is 309. The molecule has 1 atom stereocenters. The van der Waals surface area contributed by atoms with Gasteiger partial charge in [0, 0.05) is 18.5 Å². The molecule has 0 saturated heterocycles. The van der Waals surface area contributed by atoms with Gasteiger partial charge in [-0.3, -0.25) is 4.79 Å². The molecule has 0 aromatic carbocycles. The summed E-state index contributed by atoms with van der Waals surface area (Å²) in [5, 5.41) is 8.92. The number of hydrogen-bond acceptors (Lipinski definition) is 3. The molecule has 4 heteroatoms. The molecule has 0 radical (unpaired) electrons. The third-order valence-electron chi connectivity index (χ3n) is 1.99. The van der Waals surface area contributed by atoms with Gasteiger partial charge in [0.1, 0.15) is 0 Å². The number of carbonyl (C=O) groups is 1. The summed E-state index contributed by atoms with van der Waals surface area (Å²) >= 11 is 1.48. The summed E-state index contributed by atoms with van der Waals surface area (Å²) in [7, 11) is 1.85. The second-order valence-corrected chi connectivity index (χ2v) is 4.66. The summed E-state index contributed by atoms with van der Waals surface area (Å²) in [4.78, 5) is 11.6. The summed E-state index contributed by atoms with van der Waals surface area (Å²) < 4.78 is 1.81. The maximum atomic E-state index is 11.6. The fourth-order valence-electron chi connectivity index (χ4n) is 1.10. The number of aliphatic hydroxyl groups excluding tert-OH is 1. The third-order valence-corrected chi connectivity index (χ3v) is 3.13. The van der Waals surface area contributed by atoms with Gasteiger partial charge in [0.25, 0.3) is 0 Å². The minimum atomic E-state index is 0.114. The molecule has 1 heterocycles. The molecule has 0 fully saturated rings. The molecule has 0 aliphatic rings.